The Morgan fingerprint density at radius 3 is 2.68 bits per heavy atom. The van der Waals surface area contributed by atoms with Crippen LogP contribution in [-0.2, 0) is 9.53 Å². The first-order chi connectivity index (χ1) is 11.9. The van der Waals surface area contributed by atoms with Crippen LogP contribution in [0.1, 0.15) is 15.9 Å². The molecule has 0 atom stereocenters. The molecule has 0 aliphatic rings. The summed E-state index contributed by atoms with van der Waals surface area (Å²) in [4.78, 5) is 24.0. The van der Waals surface area contributed by atoms with Gasteiger partial charge in [-0.3, -0.25) is 4.79 Å². The monoisotopic (exact) mass is 422 g/mol. The molecule has 0 aromatic heterocycles. The average Bonchev–Trinajstić information content (AvgIpc) is 2.60. The average molecular weight is 424 g/mol. The van der Waals surface area contributed by atoms with Gasteiger partial charge >= 0.3 is 5.97 Å². The normalized spacial score (nSPS) is 9.84. The number of hydrogen-bond donors (Lipinski definition) is 1. The van der Waals surface area contributed by atoms with Gasteiger partial charge in [0.2, 0.25) is 0 Å². The van der Waals surface area contributed by atoms with E-state index in [0.717, 1.165) is 0 Å². The third kappa shape index (κ3) is 4.95. The smallest absolute Gasteiger partial charge is 0.339 e. The van der Waals surface area contributed by atoms with Gasteiger partial charge in [0.1, 0.15) is 11.8 Å². The predicted octanol–water partition coefficient (Wildman–Crippen LogP) is 3.78. The highest BCUT2D eigenvalue weighted by atomic mass is 79.9. The molecular formula is C17H12BrClN2O4. The van der Waals surface area contributed by atoms with E-state index in [1.807, 2.05) is 6.07 Å². The summed E-state index contributed by atoms with van der Waals surface area (Å²) in [6.45, 7) is -0.472. The number of hydrogen-bond acceptors (Lipinski definition) is 5. The fraction of sp³-hybridized carbons (Fsp3) is 0.118. The SMILES string of the molecule is COc1ccc(Br)c(C(=O)OCC(=O)Nc2ccc(C#N)c(Cl)c2)c1. The van der Waals surface area contributed by atoms with Crippen molar-refractivity contribution in [2.75, 3.05) is 19.0 Å². The van der Waals surface area contributed by atoms with E-state index in [4.69, 9.17) is 26.3 Å². The number of halogens is 2. The number of rotatable bonds is 5. The Kier molecular flexibility index (Phi) is 6.39. The lowest BCUT2D eigenvalue weighted by atomic mass is 10.2. The van der Waals surface area contributed by atoms with Crippen molar-refractivity contribution in [3.05, 3.63) is 57.0 Å². The maximum absolute atomic E-state index is 12.1. The van der Waals surface area contributed by atoms with Gasteiger partial charge in [-0.2, -0.15) is 5.26 Å². The first-order valence-corrected chi connectivity index (χ1v) is 8.12. The fourth-order valence-corrected chi connectivity index (χ4v) is 2.51. The number of amides is 1. The van der Waals surface area contributed by atoms with Crippen LogP contribution in [0.4, 0.5) is 5.69 Å². The van der Waals surface area contributed by atoms with Crippen LogP contribution in [-0.4, -0.2) is 25.6 Å². The molecule has 0 bridgehead atoms. The minimum Gasteiger partial charge on any atom is -0.497 e. The number of ether oxygens (including phenoxy) is 2. The standard InChI is InChI=1S/C17H12BrClN2O4/c1-24-12-4-5-14(18)13(7-12)17(23)25-9-16(22)21-11-3-2-10(8-20)15(19)6-11/h2-7H,9H2,1H3,(H,21,22). The summed E-state index contributed by atoms with van der Waals surface area (Å²) in [5.74, 6) is -0.709. The lowest BCUT2D eigenvalue weighted by Gasteiger charge is -2.09. The number of anilines is 1. The molecule has 0 aliphatic heterocycles. The van der Waals surface area contributed by atoms with Crippen LogP contribution in [0.2, 0.25) is 5.02 Å². The molecule has 0 spiro atoms. The molecule has 2 aromatic carbocycles. The number of nitrogens with one attached hydrogen (secondary N) is 1. The van der Waals surface area contributed by atoms with Gasteiger partial charge in [-0.1, -0.05) is 11.6 Å². The first-order valence-electron chi connectivity index (χ1n) is 6.94. The molecule has 2 rings (SSSR count). The summed E-state index contributed by atoms with van der Waals surface area (Å²) in [6.07, 6.45) is 0. The van der Waals surface area contributed by atoms with Gasteiger partial charge < -0.3 is 14.8 Å². The van der Waals surface area contributed by atoms with Gasteiger partial charge in [0.05, 0.1) is 23.3 Å². The second-order valence-corrected chi connectivity index (χ2v) is 6.04. The number of methoxy groups -OCH3 is 1. The minimum atomic E-state index is -0.668. The molecule has 0 aliphatic carbocycles. The van der Waals surface area contributed by atoms with Crippen LogP contribution < -0.4 is 10.1 Å². The van der Waals surface area contributed by atoms with Crippen molar-refractivity contribution < 1.29 is 19.1 Å². The van der Waals surface area contributed by atoms with Gasteiger partial charge in [0, 0.05) is 10.2 Å². The van der Waals surface area contributed by atoms with Gasteiger partial charge in [0.15, 0.2) is 6.61 Å². The van der Waals surface area contributed by atoms with E-state index in [9.17, 15) is 9.59 Å². The summed E-state index contributed by atoms with van der Waals surface area (Å²) >= 11 is 9.13. The molecule has 128 valence electrons. The fourth-order valence-electron chi connectivity index (χ4n) is 1.88. The van der Waals surface area contributed by atoms with Crippen molar-refractivity contribution in [1.82, 2.24) is 0 Å². The van der Waals surface area contributed by atoms with Gasteiger partial charge in [0.25, 0.3) is 5.91 Å². The summed E-state index contributed by atoms with van der Waals surface area (Å²) in [5.41, 5.74) is 0.940. The second kappa shape index (κ2) is 8.51. The van der Waals surface area contributed by atoms with Crippen LogP contribution in [0.5, 0.6) is 5.75 Å². The Hall–Kier alpha value is -2.56. The van der Waals surface area contributed by atoms with Crippen molar-refractivity contribution in [2.45, 2.75) is 0 Å². The van der Waals surface area contributed by atoms with Gasteiger partial charge in [-0.05, 0) is 52.3 Å². The van der Waals surface area contributed by atoms with Crippen molar-refractivity contribution in [3.8, 4) is 11.8 Å². The van der Waals surface area contributed by atoms with E-state index in [-0.39, 0.29) is 10.6 Å². The molecule has 0 saturated heterocycles. The lowest BCUT2D eigenvalue weighted by Crippen LogP contribution is -2.21. The third-order valence-corrected chi connectivity index (χ3v) is 4.11. The summed E-state index contributed by atoms with van der Waals surface area (Å²) in [6, 6.07) is 11.2. The minimum absolute atomic E-state index is 0.220. The van der Waals surface area contributed by atoms with Gasteiger partial charge in [-0.25, -0.2) is 4.79 Å². The zero-order valence-electron chi connectivity index (χ0n) is 13.0. The highest BCUT2D eigenvalue weighted by Gasteiger charge is 2.15. The zero-order valence-corrected chi connectivity index (χ0v) is 15.3. The molecule has 0 unspecified atom stereocenters. The molecule has 6 nitrogen and oxygen atoms in total. The van der Waals surface area contributed by atoms with E-state index < -0.39 is 18.5 Å². The quantitative estimate of drug-likeness (QED) is 0.739. The van der Waals surface area contributed by atoms with E-state index >= 15 is 0 Å². The Morgan fingerprint density at radius 1 is 1.28 bits per heavy atom. The highest BCUT2D eigenvalue weighted by Crippen LogP contribution is 2.23. The van der Waals surface area contributed by atoms with E-state index in [1.54, 1.807) is 12.1 Å². The first kappa shape index (κ1) is 18.8. The molecular weight excluding hydrogens is 412 g/mol. The van der Waals surface area contributed by atoms with Crippen LogP contribution in [0, 0.1) is 11.3 Å². The van der Waals surface area contributed by atoms with Crippen LogP contribution in [0.15, 0.2) is 40.9 Å². The maximum Gasteiger partial charge on any atom is 0.339 e. The lowest BCUT2D eigenvalue weighted by molar-refractivity contribution is -0.119. The number of carbonyl (C=O) groups excluding carboxylic acids is 2. The Labute approximate surface area is 157 Å². The van der Waals surface area contributed by atoms with Crippen LogP contribution >= 0.6 is 27.5 Å². The molecule has 0 fully saturated rings. The largest absolute Gasteiger partial charge is 0.497 e. The molecule has 1 amide bonds. The van der Waals surface area contributed by atoms with E-state index in [2.05, 4.69) is 21.2 Å². The van der Waals surface area contributed by atoms with E-state index in [1.165, 1.54) is 31.4 Å². The maximum atomic E-state index is 12.1. The van der Waals surface area contributed by atoms with Crippen molar-refractivity contribution >= 4 is 45.1 Å². The summed E-state index contributed by atoms with van der Waals surface area (Å²) in [5, 5.41) is 11.6. The third-order valence-electron chi connectivity index (χ3n) is 3.10. The highest BCUT2D eigenvalue weighted by molar-refractivity contribution is 9.10. The van der Waals surface area contributed by atoms with E-state index in [0.29, 0.717) is 21.5 Å². The zero-order chi connectivity index (χ0) is 18.4. The molecule has 1 N–H and O–H groups in total. The number of nitriles is 1. The Bertz CT molecular complexity index is 864. The number of carbonyl (C=O) groups is 2. The van der Waals surface area contributed by atoms with Crippen LogP contribution in [0.3, 0.4) is 0 Å². The van der Waals surface area contributed by atoms with Crippen molar-refractivity contribution in [1.29, 1.82) is 5.26 Å². The number of esters is 1. The van der Waals surface area contributed by atoms with Crippen molar-refractivity contribution in [2.24, 2.45) is 0 Å². The molecule has 2 aromatic rings. The molecule has 8 heteroatoms. The predicted molar refractivity (Wildman–Crippen MR) is 95.8 cm³/mol. The Morgan fingerprint density at radius 2 is 2.04 bits per heavy atom. The topological polar surface area (TPSA) is 88.4 Å². The Balaban J connectivity index is 1.97. The van der Waals surface area contributed by atoms with Crippen molar-refractivity contribution in [3.63, 3.8) is 0 Å². The summed E-state index contributed by atoms with van der Waals surface area (Å²) in [7, 11) is 1.48. The molecule has 0 saturated carbocycles. The molecule has 0 heterocycles. The number of benzene rings is 2. The number of nitrogens with zero attached hydrogens (tertiary/aromatic N) is 1. The second-order valence-electron chi connectivity index (χ2n) is 4.78. The molecule has 25 heavy (non-hydrogen) atoms. The molecule has 0 radical (unpaired) electrons. The van der Waals surface area contributed by atoms with Crippen LogP contribution in [0.25, 0.3) is 0 Å². The summed E-state index contributed by atoms with van der Waals surface area (Å²) < 4.78 is 10.6. The van der Waals surface area contributed by atoms with Gasteiger partial charge in [-0.15, -0.1) is 0 Å².